The second-order valence-electron chi connectivity index (χ2n) is 4.36. The molecule has 2 aromatic rings. The van der Waals surface area contributed by atoms with Gasteiger partial charge in [-0.05, 0) is 31.5 Å². The Morgan fingerprint density at radius 3 is 2.62 bits per heavy atom. The lowest BCUT2D eigenvalue weighted by Crippen LogP contribution is -2.28. The third-order valence-corrected chi connectivity index (χ3v) is 2.47. The lowest BCUT2D eigenvalue weighted by Gasteiger charge is -2.19. The molecule has 16 heavy (non-hydrogen) atoms. The summed E-state index contributed by atoms with van der Waals surface area (Å²) >= 11 is 0. The van der Waals surface area contributed by atoms with Crippen LogP contribution in [0.3, 0.4) is 0 Å². The molecule has 0 spiro atoms. The van der Waals surface area contributed by atoms with Gasteiger partial charge >= 0.3 is 0 Å². The van der Waals surface area contributed by atoms with E-state index in [4.69, 9.17) is 5.73 Å². The van der Waals surface area contributed by atoms with Crippen molar-refractivity contribution >= 4 is 0 Å². The molecule has 0 aliphatic rings. The van der Waals surface area contributed by atoms with Crippen LogP contribution in [0.15, 0.2) is 36.9 Å². The van der Waals surface area contributed by atoms with Crippen molar-refractivity contribution in [1.82, 2.24) is 9.55 Å². The monoisotopic (exact) mass is 219 g/mol. The van der Waals surface area contributed by atoms with E-state index in [0.717, 1.165) is 5.56 Å². The van der Waals surface area contributed by atoms with E-state index in [1.54, 1.807) is 29.4 Å². The van der Waals surface area contributed by atoms with Crippen molar-refractivity contribution in [2.45, 2.75) is 19.4 Å². The van der Waals surface area contributed by atoms with E-state index in [-0.39, 0.29) is 5.82 Å². The molecule has 0 fully saturated rings. The third-order valence-electron chi connectivity index (χ3n) is 2.47. The van der Waals surface area contributed by atoms with Crippen LogP contribution in [0.2, 0.25) is 0 Å². The molecule has 2 rings (SSSR count). The van der Waals surface area contributed by atoms with Gasteiger partial charge in [0, 0.05) is 17.9 Å². The smallest absolute Gasteiger partial charge is 0.147 e. The van der Waals surface area contributed by atoms with Gasteiger partial charge in [-0.25, -0.2) is 9.37 Å². The maximum Gasteiger partial charge on any atom is 0.147 e. The standard InChI is InChI=1S/C12H14FN3/c1-12(2,14)9-3-4-11(10(13)7-9)16-6-5-15-8-16/h3-8H,14H2,1-2H3. The number of hydrogen-bond donors (Lipinski definition) is 1. The normalized spacial score (nSPS) is 11.8. The van der Waals surface area contributed by atoms with Gasteiger partial charge < -0.3 is 10.3 Å². The summed E-state index contributed by atoms with van der Waals surface area (Å²) in [7, 11) is 0. The molecule has 0 amide bonds. The average molecular weight is 219 g/mol. The van der Waals surface area contributed by atoms with Crippen LogP contribution in [-0.2, 0) is 5.54 Å². The van der Waals surface area contributed by atoms with Gasteiger partial charge in [-0.15, -0.1) is 0 Å². The van der Waals surface area contributed by atoms with Crippen LogP contribution in [0.5, 0.6) is 0 Å². The Kier molecular flexibility index (Phi) is 2.52. The van der Waals surface area contributed by atoms with Crippen molar-refractivity contribution in [2.75, 3.05) is 0 Å². The summed E-state index contributed by atoms with van der Waals surface area (Å²) in [6.45, 7) is 3.69. The Labute approximate surface area is 93.7 Å². The first-order valence-electron chi connectivity index (χ1n) is 5.06. The van der Waals surface area contributed by atoms with Crippen LogP contribution >= 0.6 is 0 Å². The molecule has 0 aliphatic carbocycles. The van der Waals surface area contributed by atoms with Crippen molar-refractivity contribution in [3.8, 4) is 5.69 Å². The number of rotatable bonds is 2. The molecule has 0 saturated carbocycles. The summed E-state index contributed by atoms with van der Waals surface area (Å²) in [5.74, 6) is -0.297. The Balaban J connectivity index is 2.46. The molecule has 2 N–H and O–H groups in total. The van der Waals surface area contributed by atoms with Gasteiger partial charge in [0.25, 0.3) is 0 Å². The largest absolute Gasteiger partial charge is 0.322 e. The fraction of sp³-hybridized carbons (Fsp3) is 0.250. The zero-order valence-electron chi connectivity index (χ0n) is 9.31. The van der Waals surface area contributed by atoms with Gasteiger partial charge in [0.2, 0.25) is 0 Å². The SMILES string of the molecule is CC(C)(N)c1ccc(-n2ccnc2)c(F)c1. The molecule has 0 aliphatic heterocycles. The second-order valence-corrected chi connectivity index (χ2v) is 4.36. The third kappa shape index (κ3) is 1.97. The highest BCUT2D eigenvalue weighted by molar-refractivity contribution is 5.38. The maximum absolute atomic E-state index is 13.8. The van der Waals surface area contributed by atoms with Gasteiger partial charge in [-0.1, -0.05) is 6.07 Å². The Morgan fingerprint density at radius 2 is 2.12 bits per heavy atom. The van der Waals surface area contributed by atoms with E-state index >= 15 is 0 Å². The summed E-state index contributed by atoms with van der Waals surface area (Å²) in [5.41, 5.74) is 6.62. The average Bonchev–Trinajstić information content (AvgIpc) is 2.69. The fourth-order valence-electron chi connectivity index (χ4n) is 1.52. The molecule has 4 heteroatoms. The molecular weight excluding hydrogens is 205 g/mol. The number of hydrogen-bond acceptors (Lipinski definition) is 2. The van der Waals surface area contributed by atoms with Crippen molar-refractivity contribution in [2.24, 2.45) is 5.73 Å². The quantitative estimate of drug-likeness (QED) is 0.841. The van der Waals surface area contributed by atoms with Gasteiger partial charge in [-0.3, -0.25) is 0 Å². The zero-order valence-corrected chi connectivity index (χ0v) is 9.31. The molecule has 0 saturated heterocycles. The van der Waals surface area contributed by atoms with E-state index in [9.17, 15) is 4.39 Å². The Morgan fingerprint density at radius 1 is 1.38 bits per heavy atom. The number of imidazole rings is 1. The summed E-state index contributed by atoms with van der Waals surface area (Å²) in [4.78, 5) is 3.88. The number of aromatic nitrogens is 2. The highest BCUT2D eigenvalue weighted by Crippen LogP contribution is 2.21. The van der Waals surface area contributed by atoms with Crippen molar-refractivity contribution < 1.29 is 4.39 Å². The Bertz CT molecular complexity index is 483. The molecular formula is C12H14FN3. The summed E-state index contributed by atoms with van der Waals surface area (Å²) in [6.07, 6.45) is 4.87. The highest BCUT2D eigenvalue weighted by atomic mass is 19.1. The first kappa shape index (κ1) is 10.8. The number of nitrogens with two attached hydrogens (primary N) is 1. The molecule has 1 heterocycles. The summed E-state index contributed by atoms with van der Waals surface area (Å²) < 4.78 is 15.5. The van der Waals surface area contributed by atoms with Crippen LogP contribution in [-0.4, -0.2) is 9.55 Å². The molecule has 0 radical (unpaired) electrons. The first-order valence-corrected chi connectivity index (χ1v) is 5.06. The van der Waals surface area contributed by atoms with Crippen LogP contribution in [0.25, 0.3) is 5.69 Å². The molecule has 3 nitrogen and oxygen atoms in total. The number of halogens is 1. The van der Waals surface area contributed by atoms with E-state index < -0.39 is 5.54 Å². The lowest BCUT2D eigenvalue weighted by molar-refractivity contribution is 0.542. The van der Waals surface area contributed by atoms with Gasteiger partial charge in [0.15, 0.2) is 0 Å². The van der Waals surface area contributed by atoms with Crippen LogP contribution < -0.4 is 5.73 Å². The molecule has 1 aromatic heterocycles. The maximum atomic E-state index is 13.8. The number of nitrogens with zero attached hydrogens (tertiary/aromatic N) is 2. The van der Waals surface area contributed by atoms with E-state index in [1.165, 1.54) is 6.07 Å². The van der Waals surface area contributed by atoms with Gasteiger partial charge in [0.05, 0.1) is 12.0 Å². The zero-order chi connectivity index (χ0) is 11.8. The topological polar surface area (TPSA) is 43.8 Å². The highest BCUT2D eigenvalue weighted by Gasteiger charge is 2.16. The van der Waals surface area contributed by atoms with Gasteiger partial charge in [0.1, 0.15) is 5.82 Å². The summed E-state index contributed by atoms with van der Waals surface area (Å²) in [6, 6.07) is 5.01. The first-order chi connectivity index (χ1) is 7.48. The van der Waals surface area contributed by atoms with E-state index in [0.29, 0.717) is 5.69 Å². The minimum Gasteiger partial charge on any atom is -0.322 e. The van der Waals surface area contributed by atoms with Crippen LogP contribution in [0, 0.1) is 5.82 Å². The fourth-order valence-corrected chi connectivity index (χ4v) is 1.52. The lowest BCUT2D eigenvalue weighted by atomic mass is 9.95. The van der Waals surface area contributed by atoms with Crippen molar-refractivity contribution in [3.63, 3.8) is 0 Å². The number of benzene rings is 1. The minimum absolute atomic E-state index is 0.297. The van der Waals surface area contributed by atoms with Crippen molar-refractivity contribution in [3.05, 3.63) is 48.3 Å². The van der Waals surface area contributed by atoms with E-state index in [2.05, 4.69) is 4.98 Å². The molecule has 0 atom stereocenters. The second kappa shape index (κ2) is 3.72. The predicted octanol–water partition coefficient (Wildman–Crippen LogP) is 2.21. The molecule has 84 valence electrons. The van der Waals surface area contributed by atoms with Crippen molar-refractivity contribution in [1.29, 1.82) is 0 Å². The molecule has 0 unspecified atom stereocenters. The molecule has 1 aromatic carbocycles. The summed E-state index contributed by atoms with van der Waals surface area (Å²) in [5, 5.41) is 0. The van der Waals surface area contributed by atoms with Gasteiger partial charge in [-0.2, -0.15) is 0 Å². The molecule has 0 bridgehead atoms. The minimum atomic E-state index is -0.533. The van der Waals surface area contributed by atoms with Crippen LogP contribution in [0.1, 0.15) is 19.4 Å². The predicted molar refractivity (Wildman–Crippen MR) is 60.7 cm³/mol. The Hall–Kier alpha value is -1.68. The van der Waals surface area contributed by atoms with E-state index in [1.807, 2.05) is 19.9 Å². The van der Waals surface area contributed by atoms with Crippen LogP contribution in [0.4, 0.5) is 4.39 Å².